The summed E-state index contributed by atoms with van der Waals surface area (Å²) in [4.78, 5) is 35.8. The van der Waals surface area contributed by atoms with Crippen molar-refractivity contribution in [3.8, 4) is 11.4 Å². The van der Waals surface area contributed by atoms with Crippen LogP contribution in [0.25, 0.3) is 22.4 Å². The summed E-state index contributed by atoms with van der Waals surface area (Å²) in [7, 11) is 0. The van der Waals surface area contributed by atoms with E-state index in [0.29, 0.717) is 25.1 Å². The molecule has 3 heterocycles. The summed E-state index contributed by atoms with van der Waals surface area (Å²) in [6.45, 7) is 3.14. The molecule has 5 rings (SSSR count). The summed E-state index contributed by atoms with van der Waals surface area (Å²) >= 11 is 0. The Kier molecular flexibility index (Phi) is 4.39. The van der Waals surface area contributed by atoms with Gasteiger partial charge < -0.3 is 9.47 Å². The number of Topliss-reactive ketones (excluding diaryl/α,β-unsaturated/α-hetero) is 1. The van der Waals surface area contributed by atoms with E-state index in [1.54, 1.807) is 17.3 Å². The van der Waals surface area contributed by atoms with Crippen molar-refractivity contribution in [3.63, 3.8) is 0 Å². The van der Waals surface area contributed by atoms with E-state index in [0.717, 1.165) is 33.7 Å². The van der Waals surface area contributed by atoms with Gasteiger partial charge in [-0.25, -0.2) is 4.98 Å². The molecule has 0 fully saturated rings. The Bertz CT molecular complexity index is 1260. The number of hydrogen-bond acceptors (Lipinski definition) is 4. The second-order valence-electron chi connectivity index (χ2n) is 7.27. The van der Waals surface area contributed by atoms with Crippen LogP contribution in [-0.2, 0) is 6.54 Å². The fourth-order valence-corrected chi connectivity index (χ4v) is 4.08. The zero-order valence-corrected chi connectivity index (χ0v) is 16.6. The number of hydrogen-bond donors (Lipinski definition) is 0. The molecule has 6 heteroatoms. The quantitative estimate of drug-likeness (QED) is 0.514. The molecular formula is C24H20N4O2. The summed E-state index contributed by atoms with van der Waals surface area (Å²) in [5, 5.41) is 0. The van der Waals surface area contributed by atoms with Gasteiger partial charge in [-0.3, -0.25) is 14.6 Å². The first-order valence-electron chi connectivity index (χ1n) is 10.0. The van der Waals surface area contributed by atoms with E-state index >= 15 is 0 Å². The van der Waals surface area contributed by atoms with Gasteiger partial charge in [0.05, 0.1) is 11.0 Å². The molecule has 0 aliphatic carbocycles. The number of imidazole rings is 1. The number of ketones is 1. The number of nitrogens with zero attached hydrogens (tertiary/aromatic N) is 4. The molecule has 0 spiro atoms. The van der Waals surface area contributed by atoms with Crippen molar-refractivity contribution in [2.75, 3.05) is 11.4 Å². The molecule has 6 nitrogen and oxygen atoms in total. The van der Waals surface area contributed by atoms with Crippen molar-refractivity contribution >= 4 is 28.4 Å². The van der Waals surface area contributed by atoms with Crippen LogP contribution >= 0.6 is 0 Å². The molecule has 0 radical (unpaired) electrons. The molecule has 0 N–H and O–H groups in total. The van der Waals surface area contributed by atoms with Gasteiger partial charge in [0.1, 0.15) is 5.82 Å². The number of benzene rings is 2. The number of carbonyl (C=O) groups excluding carboxylic acids is 2. The van der Waals surface area contributed by atoms with Gasteiger partial charge in [-0.2, -0.15) is 0 Å². The van der Waals surface area contributed by atoms with Crippen molar-refractivity contribution in [2.45, 2.75) is 19.9 Å². The van der Waals surface area contributed by atoms with Gasteiger partial charge in [-0.1, -0.05) is 18.2 Å². The van der Waals surface area contributed by atoms with E-state index < -0.39 is 0 Å². The fourth-order valence-electron chi connectivity index (χ4n) is 4.08. The third kappa shape index (κ3) is 2.88. The van der Waals surface area contributed by atoms with Crippen molar-refractivity contribution in [1.82, 2.24) is 14.5 Å². The van der Waals surface area contributed by atoms with E-state index in [2.05, 4.69) is 9.55 Å². The smallest absolute Gasteiger partial charge is 0.258 e. The molecule has 148 valence electrons. The van der Waals surface area contributed by atoms with Gasteiger partial charge in [-0.05, 0) is 43.3 Å². The number of aromatic nitrogens is 3. The molecule has 1 aliphatic heterocycles. The van der Waals surface area contributed by atoms with Crippen molar-refractivity contribution in [3.05, 3.63) is 78.1 Å². The normalized spacial score (nSPS) is 12.9. The Labute approximate surface area is 173 Å². The molecule has 1 aliphatic rings. The Hall–Kier alpha value is -3.80. The summed E-state index contributed by atoms with van der Waals surface area (Å²) in [6.07, 6.45) is 3.84. The molecule has 0 bridgehead atoms. The minimum atomic E-state index is -0.0576. The zero-order valence-electron chi connectivity index (χ0n) is 16.6. The Morgan fingerprint density at radius 2 is 1.83 bits per heavy atom. The number of carbonyl (C=O) groups is 2. The van der Waals surface area contributed by atoms with Crippen LogP contribution in [0.4, 0.5) is 5.69 Å². The molecule has 1 amide bonds. The molecule has 0 saturated carbocycles. The summed E-state index contributed by atoms with van der Waals surface area (Å²) in [5.74, 6) is 0.930. The van der Waals surface area contributed by atoms with Crippen LogP contribution in [0, 0.1) is 0 Å². The Balaban J connectivity index is 1.51. The van der Waals surface area contributed by atoms with Crippen molar-refractivity contribution in [1.29, 1.82) is 0 Å². The number of anilines is 1. The van der Waals surface area contributed by atoms with Crippen LogP contribution in [0.5, 0.6) is 0 Å². The molecule has 0 atom stereocenters. The monoisotopic (exact) mass is 396 g/mol. The maximum atomic E-state index is 13.0. The maximum absolute atomic E-state index is 13.0. The Morgan fingerprint density at radius 3 is 2.57 bits per heavy atom. The second-order valence-corrected chi connectivity index (χ2v) is 7.27. The van der Waals surface area contributed by atoms with E-state index in [1.165, 1.54) is 0 Å². The Morgan fingerprint density at radius 1 is 1.07 bits per heavy atom. The van der Waals surface area contributed by atoms with Crippen LogP contribution < -0.4 is 4.90 Å². The second kappa shape index (κ2) is 7.22. The molecule has 2 aromatic heterocycles. The maximum Gasteiger partial charge on any atom is 0.258 e. The summed E-state index contributed by atoms with van der Waals surface area (Å²) < 4.78 is 2.11. The largest absolute Gasteiger partial charge is 0.323 e. The highest BCUT2D eigenvalue weighted by molar-refractivity contribution is 6.08. The fraction of sp³-hybridized carbons (Fsp3) is 0.167. The predicted octanol–water partition coefficient (Wildman–Crippen LogP) is 4.35. The van der Waals surface area contributed by atoms with Gasteiger partial charge in [0.2, 0.25) is 0 Å². The summed E-state index contributed by atoms with van der Waals surface area (Å²) in [5.41, 5.74) is 4.82. The molecule has 30 heavy (non-hydrogen) atoms. The lowest BCUT2D eigenvalue weighted by molar-refractivity contribution is 0.0970. The first-order chi connectivity index (χ1) is 14.7. The lowest BCUT2D eigenvalue weighted by atomic mass is 10.0. The molecule has 0 saturated heterocycles. The minimum absolute atomic E-state index is 0.0576. The number of amides is 1. The van der Waals surface area contributed by atoms with Crippen LogP contribution in [0.15, 0.2) is 67.0 Å². The average molecular weight is 396 g/mol. The van der Waals surface area contributed by atoms with E-state index in [-0.39, 0.29) is 11.7 Å². The first-order valence-corrected chi connectivity index (χ1v) is 10.0. The van der Waals surface area contributed by atoms with Gasteiger partial charge in [0.25, 0.3) is 5.91 Å². The van der Waals surface area contributed by atoms with Crippen LogP contribution in [-0.4, -0.2) is 32.8 Å². The number of pyridine rings is 1. The van der Waals surface area contributed by atoms with Gasteiger partial charge in [-0.15, -0.1) is 0 Å². The van der Waals surface area contributed by atoms with Crippen molar-refractivity contribution in [2.24, 2.45) is 0 Å². The highest BCUT2D eigenvalue weighted by atomic mass is 16.2. The number of para-hydroxylation sites is 1. The lowest BCUT2D eigenvalue weighted by Crippen LogP contribution is -2.30. The standard InChI is InChI=1S/C24H20N4O2/c1-2-27(18-10-13-25-14-11-18)24(30)17-8-6-16(7-9-17)23-26-20-5-3-4-19-21(29)12-15-28(23)22(19)20/h3-11,13-14H,2,12,15H2,1H3. The lowest BCUT2D eigenvalue weighted by Gasteiger charge is -2.21. The number of aryl methyl sites for hydroxylation is 1. The van der Waals surface area contributed by atoms with Crippen molar-refractivity contribution < 1.29 is 9.59 Å². The molecular weight excluding hydrogens is 376 g/mol. The minimum Gasteiger partial charge on any atom is -0.323 e. The van der Waals surface area contributed by atoms with Crippen LogP contribution in [0.2, 0.25) is 0 Å². The van der Waals surface area contributed by atoms with Gasteiger partial charge >= 0.3 is 0 Å². The van der Waals surface area contributed by atoms with E-state index in [4.69, 9.17) is 4.98 Å². The van der Waals surface area contributed by atoms with Crippen LogP contribution in [0.1, 0.15) is 34.1 Å². The average Bonchev–Trinajstić information content (AvgIpc) is 3.17. The predicted molar refractivity (Wildman–Crippen MR) is 116 cm³/mol. The number of rotatable bonds is 4. The van der Waals surface area contributed by atoms with Gasteiger partial charge in [0.15, 0.2) is 5.78 Å². The van der Waals surface area contributed by atoms with Gasteiger partial charge in [0, 0.05) is 54.3 Å². The van der Waals surface area contributed by atoms with E-state index in [1.807, 2.05) is 61.5 Å². The highest BCUT2D eigenvalue weighted by Gasteiger charge is 2.24. The van der Waals surface area contributed by atoms with Crippen LogP contribution in [0.3, 0.4) is 0 Å². The zero-order chi connectivity index (χ0) is 20.7. The SMILES string of the molecule is CCN(C(=O)c1ccc(-c2nc3cccc4c3n2CCC4=O)cc1)c1ccncc1. The van der Waals surface area contributed by atoms with E-state index in [9.17, 15) is 9.59 Å². The molecule has 4 aromatic rings. The highest BCUT2D eigenvalue weighted by Crippen LogP contribution is 2.31. The molecule has 0 unspecified atom stereocenters. The summed E-state index contributed by atoms with van der Waals surface area (Å²) in [6, 6.07) is 16.9. The molecule has 2 aromatic carbocycles. The third-order valence-corrected chi connectivity index (χ3v) is 5.56. The topological polar surface area (TPSA) is 68.1 Å². The third-order valence-electron chi connectivity index (χ3n) is 5.56. The first kappa shape index (κ1) is 18.2.